The number of carbonyl (C=O) groups excluding carboxylic acids is 1. The average molecular weight is 332 g/mol. The van der Waals surface area contributed by atoms with Gasteiger partial charge in [0, 0.05) is 18.7 Å². The molecule has 2 rings (SSSR count). The molecule has 1 aromatic carbocycles. The second kappa shape index (κ2) is 7.06. The molecule has 0 bridgehead atoms. The minimum absolute atomic E-state index is 0.0137. The smallest absolute Gasteiger partial charge is 0.378 e. The van der Waals surface area contributed by atoms with Gasteiger partial charge in [-0.1, -0.05) is 24.4 Å². The summed E-state index contributed by atoms with van der Waals surface area (Å²) in [6.07, 6.45) is -4.38. The Kier molecular flexibility index (Phi) is 5.36. The average Bonchev–Trinajstić information content (AvgIpc) is 2.52. The number of morpholine rings is 1. The Hall–Kier alpha value is -1.67. The molecule has 1 saturated heterocycles. The van der Waals surface area contributed by atoms with Gasteiger partial charge in [0.05, 0.1) is 25.3 Å². The molecule has 8 heteroatoms. The fourth-order valence-electron chi connectivity index (χ4n) is 1.99. The zero-order valence-corrected chi connectivity index (χ0v) is 12.5. The maximum absolute atomic E-state index is 12.5. The van der Waals surface area contributed by atoms with Crippen LogP contribution in [0.1, 0.15) is 11.1 Å². The van der Waals surface area contributed by atoms with Gasteiger partial charge in [-0.2, -0.15) is 13.2 Å². The minimum Gasteiger partial charge on any atom is -0.378 e. The zero-order valence-electron chi connectivity index (χ0n) is 11.7. The van der Waals surface area contributed by atoms with Gasteiger partial charge in [-0.25, -0.2) is 0 Å². The Labute approximate surface area is 131 Å². The van der Waals surface area contributed by atoms with Crippen LogP contribution in [0.5, 0.6) is 0 Å². The first-order valence-electron chi connectivity index (χ1n) is 6.69. The first-order chi connectivity index (χ1) is 10.4. The lowest BCUT2D eigenvalue weighted by Crippen LogP contribution is -2.45. The molecule has 1 aromatic rings. The largest absolute Gasteiger partial charge is 0.416 e. The Bertz CT molecular complexity index is 540. The number of halogens is 3. The van der Waals surface area contributed by atoms with Crippen molar-refractivity contribution in [1.29, 1.82) is 0 Å². The van der Waals surface area contributed by atoms with Crippen molar-refractivity contribution in [3.05, 3.63) is 35.4 Å². The number of rotatable bonds is 3. The SMILES string of the molecule is O=C(CNC(=S)c1ccc(C(F)(F)F)cc1)N1CCOCC1. The molecule has 1 aliphatic rings. The lowest BCUT2D eigenvalue weighted by Gasteiger charge is -2.27. The van der Waals surface area contributed by atoms with Crippen LogP contribution in [0.25, 0.3) is 0 Å². The predicted molar refractivity (Wildman–Crippen MR) is 78.5 cm³/mol. The summed E-state index contributed by atoms with van der Waals surface area (Å²) in [5.41, 5.74) is -0.291. The van der Waals surface area contributed by atoms with Crippen molar-refractivity contribution < 1.29 is 22.7 Å². The normalized spacial score (nSPS) is 15.5. The molecular formula is C14H15F3N2O2S. The molecule has 1 N–H and O–H groups in total. The van der Waals surface area contributed by atoms with Crippen LogP contribution in [0.4, 0.5) is 13.2 Å². The topological polar surface area (TPSA) is 41.6 Å². The maximum atomic E-state index is 12.5. The highest BCUT2D eigenvalue weighted by atomic mass is 32.1. The Morgan fingerprint density at radius 3 is 2.36 bits per heavy atom. The molecule has 1 aliphatic heterocycles. The van der Waals surface area contributed by atoms with Crippen molar-refractivity contribution in [1.82, 2.24) is 10.2 Å². The van der Waals surface area contributed by atoms with Crippen molar-refractivity contribution in [3.63, 3.8) is 0 Å². The van der Waals surface area contributed by atoms with E-state index in [2.05, 4.69) is 5.32 Å². The Morgan fingerprint density at radius 1 is 1.23 bits per heavy atom. The fraction of sp³-hybridized carbons (Fsp3) is 0.429. The van der Waals surface area contributed by atoms with Crippen LogP contribution in [0.15, 0.2) is 24.3 Å². The van der Waals surface area contributed by atoms with Crippen molar-refractivity contribution in [2.45, 2.75) is 6.18 Å². The van der Waals surface area contributed by atoms with Crippen LogP contribution < -0.4 is 5.32 Å². The van der Waals surface area contributed by atoms with Crippen LogP contribution in [0, 0.1) is 0 Å². The number of benzene rings is 1. The van der Waals surface area contributed by atoms with E-state index in [0.29, 0.717) is 31.9 Å². The summed E-state index contributed by atoms with van der Waals surface area (Å²) in [5.74, 6) is -0.113. The van der Waals surface area contributed by atoms with E-state index in [9.17, 15) is 18.0 Å². The number of nitrogens with zero attached hydrogens (tertiary/aromatic N) is 1. The summed E-state index contributed by atoms with van der Waals surface area (Å²) in [4.78, 5) is 13.8. The monoisotopic (exact) mass is 332 g/mol. The molecule has 22 heavy (non-hydrogen) atoms. The lowest BCUT2D eigenvalue weighted by atomic mass is 10.1. The highest BCUT2D eigenvalue weighted by molar-refractivity contribution is 7.80. The van der Waals surface area contributed by atoms with E-state index >= 15 is 0 Å². The summed E-state index contributed by atoms with van der Waals surface area (Å²) < 4.78 is 42.6. The third kappa shape index (κ3) is 4.41. The molecule has 0 unspecified atom stereocenters. The number of hydrogen-bond donors (Lipinski definition) is 1. The summed E-state index contributed by atoms with van der Waals surface area (Å²) in [5, 5.41) is 2.77. The Balaban J connectivity index is 1.88. The van der Waals surface area contributed by atoms with Gasteiger partial charge in [-0.15, -0.1) is 0 Å². The van der Waals surface area contributed by atoms with Gasteiger partial charge in [0.1, 0.15) is 4.99 Å². The van der Waals surface area contributed by atoms with Crippen LogP contribution in [-0.2, 0) is 15.7 Å². The number of ether oxygens (including phenoxy) is 1. The second-order valence-electron chi connectivity index (χ2n) is 4.75. The fourth-order valence-corrected chi connectivity index (χ4v) is 2.20. The van der Waals surface area contributed by atoms with Gasteiger partial charge < -0.3 is 15.0 Å². The molecule has 1 heterocycles. The molecule has 0 spiro atoms. The maximum Gasteiger partial charge on any atom is 0.416 e. The molecule has 120 valence electrons. The molecular weight excluding hydrogens is 317 g/mol. The zero-order chi connectivity index (χ0) is 16.2. The number of thiocarbonyl (C=S) groups is 1. The number of alkyl halides is 3. The third-order valence-corrected chi connectivity index (χ3v) is 3.62. The summed E-state index contributed by atoms with van der Waals surface area (Å²) in [7, 11) is 0. The first-order valence-corrected chi connectivity index (χ1v) is 7.10. The van der Waals surface area contributed by atoms with E-state index in [4.69, 9.17) is 17.0 Å². The molecule has 0 saturated carbocycles. The van der Waals surface area contributed by atoms with Crippen LogP contribution in [0.2, 0.25) is 0 Å². The molecule has 4 nitrogen and oxygen atoms in total. The predicted octanol–water partition coefficient (Wildman–Crippen LogP) is 1.83. The highest BCUT2D eigenvalue weighted by Crippen LogP contribution is 2.29. The van der Waals surface area contributed by atoms with Crippen LogP contribution >= 0.6 is 12.2 Å². The molecule has 0 radical (unpaired) electrons. The van der Waals surface area contributed by atoms with Gasteiger partial charge >= 0.3 is 6.18 Å². The van der Waals surface area contributed by atoms with Crippen LogP contribution in [0.3, 0.4) is 0 Å². The minimum atomic E-state index is -4.38. The van der Waals surface area contributed by atoms with Crippen molar-refractivity contribution in [2.75, 3.05) is 32.8 Å². The molecule has 0 atom stereocenters. The number of carbonyl (C=O) groups is 1. The summed E-state index contributed by atoms with van der Waals surface area (Å²) in [6, 6.07) is 4.51. The van der Waals surface area contributed by atoms with E-state index in [1.165, 1.54) is 12.1 Å². The van der Waals surface area contributed by atoms with Gasteiger partial charge in [-0.05, 0) is 12.1 Å². The second-order valence-corrected chi connectivity index (χ2v) is 5.16. The number of nitrogens with one attached hydrogen (secondary N) is 1. The van der Waals surface area contributed by atoms with Gasteiger partial charge in [0.15, 0.2) is 0 Å². The number of amides is 1. The molecule has 1 amide bonds. The number of hydrogen-bond acceptors (Lipinski definition) is 3. The lowest BCUT2D eigenvalue weighted by molar-refractivity contribution is -0.137. The molecule has 0 aliphatic carbocycles. The van der Waals surface area contributed by atoms with Crippen LogP contribution in [-0.4, -0.2) is 48.6 Å². The highest BCUT2D eigenvalue weighted by Gasteiger charge is 2.30. The van der Waals surface area contributed by atoms with Gasteiger partial charge in [0.2, 0.25) is 5.91 Å². The molecule has 0 aromatic heterocycles. The van der Waals surface area contributed by atoms with Gasteiger partial charge in [0.25, 0.3) is 0 Å². The Morgan fingerprint density at radius 2 is 1.82 bits per heavy atom. The first kappa shape index (κ1) is 16.7. The van der Waals surface area contributed by atoms with Crippen molar-refractivity contribution in [2.24, 2.45) is 0 Å². The van der Waals surface area contributed by atoms with Crippen molar-refractivity contribution in [3.8, 4) is 0 Å². The quantitative estimate of drug-likeness (QED) is 0.858. The summed E-state index contributed by atoms with van der Waals surface area (Å²) >= 11 is 5.09. The van der Waals surface area contributed by atoms with E-state index in [1.54, 1.807) is 4.90 Å². The van der Waals surface area contributed by atoms with E-state index in [-0.39, 0.29) is 17.4 Å². The molecule has 1 fully saturated rings. The van der Waals surface area contributed by atoms with E-state index in [0.717, 1.165) is 12.1 Å². The summed E-state index contributed by atoms with van der Waals surface area (Å²) in [6.45, 7) is 2.10. The van der Waals surface area contributed by atoms with E-state index < -0.39 is 11.7 Å². The van der Waals surface area contributed by atoms with Gasteiger partial charge in [-0.3, -0.25) is 4.79 Å². The van der Waals surface area contributed by atoms with Crippen molar-refractivity contribution >= 4 is 23.1 Å². The third-order valence-electron chi connectivity index (χ3n) is 3.24. The van der Waals surface area contributed by atoms with E-state index in [1.807, 2.05) is 0 Å². The standard InChI is InChI=1S/C14H15F3N2O2S/c15-14(16,17)11-3-1-10(2-4-11)13(22)18-9-12(20)19-5-7-21-8-6-19/h1-4H,5-9H2,(H,18,22).